The molecule has 0 saturated carbocycles. The fourth-order valence-corrected chi connectivity index (χ4v) is 2.46. The van der Waals surface area contributed by atoms with Gasteiger partial charge in [-0.25, -0.2) is 9.78 Å². The van der Waals surface area contributed by atoms with Gasteiger partial charge >= 0.3 is 11.5 Å². The van der Waals surface area contributed by atoms with Gasteiger partial charge in [0.2, 0.25) is 0 Å². The van der Waals surface area contributed by atoms with Crippen LogP contribution in [-0.2, 0) is 11.3 Å². The van der Waals surface area contributed by atoms with Gasteiger partial charge < -0.3 is 14.7 Å². The van der Waals surface area contributed by atoms with Crippen LogP contribution in [0.4, 0.5) is 0 Å². The van der Waals surface area contributed by atoms with E-state index in [1.165, 1.54) is 12.1 Å². The lowest BCUT2D eigenvalue weighted by molar-refractivity contribution is 0.0580. The Morgan fingerprint density at radius 3 is 2.64 bits per heavy atom. The van der Waals surface area contributed by atoms with Crippen molar-refractivity contribution in [2.24, 2.45) is 0 Å². The van der Waals surface area contributed by atoms with Crippen molar-refractivity contribution in [2.75, 3.05) is 7.11 Å². The number of hydrogen-bond donors (Lipinski definition) is 1. The highest BCUT2D eigenvalue weighted by atomic mass is 35.5. The molecule has 0 aliphatic carbocycles. The molecule has 0 amide bonds. The highest BCUT2D eigenvalue weighted by molar-refractivity contribution is 6.29. The summed E-state index contributed by atoms with van der Waals surface area (Å²) in [4.78, 5) is 34.1. The number of benzene rings is 1. The van der Waals surface area contributed by atoms with Crippen LogP contribution in [0, 0.1) is 0 Å². The van der Waals surface area contributed by atoms with Crippen molar-refractivity contribution in [3.05, 3.63) is 69.1 Å². The largest absolute Gasteiger partial charge is 0.506 e. The second-order valence-electron chi connectivity index (χ2n) is 5.08. The number of rotatable bonds is 4. The molecule has 128 valence electrons. The summed E-state index contributed by atoms with van der Waals surface area (Å²) in [6, 6.07) is 12.0. The topological polar surface area (TPSA) is 90.7 Å². The Labute approximate surface area is 147 Å². The lowest BCUT2D eigenvalue weighted by Crippen LogP contribution is -2.32. The zero-order valence-corrected chi connectivity index (χ0v) is 13.9. The number of carbonyl (C=O) groups is 1. The highest BCUT2D eigenvalue weighted by Gasteiger charge is 2.24. The smallest absolute Gasteiger partial charge is 0.347 e. The zero-order chi connectivity index (χ0) is 18.0. The van der Waals surface area contributed by atoms with Gasteiger partial charge in [-0.05, 0) is 17.7 Å². The van der Waals surface area contributed by atoms with E-state index in [0.29, 0.717) is 0 Å². The van der Waals surface area contributed by atoms with Crippen LogP contribution in [0.3, 0.4) is 0 Å². The van der Waals surface area contributed by atoms with Gasteiger partial charge in [-0.3, -0.25) is 4.79 Å². The number of hydrogen-bond acceptors (Lipinski definition) is 6. The Morgan fingerprint density at radius 2 is 1.96 bits per heavy atom. The fourth-order valence-electron chi connectivity index (χ4n) is 2.32. The van der Waals surface area contributed by atoms with E-state index in [9.17, 15) is 14.7 Å². The Morgan fingerprint density at radius 1 is 1.24 bits per heavy atom. The van der Waals surface area contributed by atoms with Crippen molar-refractivity contribution in [3.63, 3.8) is 0 Å². The van der Waals surface area contributed by atoms with E-state index in [4.69, 9.17) is 16.4 Å². The molecule has 0 bridgehead atoms. The molecular weight excluding hydrogens is 348 g/mol. The normalized spacial score (nSPS) is 10.6. The summed E-state index contributed by atoms with van der Waals surface area (Å²) in [5.74, 6) is -1.51. The standard InChI is InChI=1S/C17H13ClN2O5/c1-24-17(23)13-14(21)11-7-8-12(18)19-15(11)20(16(13)22)25-9-10-5-3-2-4-6-10/h2-8,21H,9H2,1H3. The molecule has 25 heavy (non-hydrogen) atoms. The van der Waals surface area contributed by atoms with Gasteiger partial charge in [0.1, 0.15) is 17.5 Å². The summed E-state index contributed by atoms with van der Waals surface area (Å²) < 4.78 is 5.41. The van der Waals surface area contributed by atoms with E-state index < -0.39 is 22.8 Å². The minimum Gasteiger partial charge on any atom is -0.506 e. The average molecular weight is 361 g/mol. The first-order valence-electron chi connectivity index (χ1n) is 7.22. The van der Waals surface area contributed by atoms with Gasteiger partial charge in [0.25, 0.3) is 0 Å². The molecule has 8 heteroatoms. The molecule has 0 atom stereocenters. The number of aromatic hydroxyl groups is 1. The Balaban J connectivity index is 2.19. The molecule has 1 N–H and O–H groups in total. The minimum atomic E-state index is -0.976. The maximum absolute atomic E-state index is 12.6. The summed E-state index contributed by atoms with van der Waals surface area (Å²) >= 11 is 5.89. The third-order valence-corrected chi connectivity index (χ3v) is 3.73. The van der Waals surface area contributed by atoms with Gasteiger partial charge in [0, 0.05) is 0 Å². The van der Waals surface area contributed by atoms with Gasteiger partial charge in [-0.15, -0.1) is 4.73 Å². The molecule has 0 saturated heterocycles. The van der Waals surface area contributed by atoms with Crippen molar-refractivity contribution in [1.82, 2.24) is 9.71 Å². The van der Waals surface area contributed by atoms with Crippen LogP contribution >= 0.6 is 11.6 Å². The Bertz CT molecular complexity index is 1000. The predicted octanol–water partition coefficient (Wildman–Crippen LogP) is 2.17. The van der Waals surface area contributed by atoms with E-state index in [1.807, 2.05) is 30.3 Å². The Kier molecular flexibility index (Phi) is 4.58. The van der Waals surface area contributed by atoms with Crippen molar-refractivity contribution >= 4 is 28.6 Å². The molecule has 2 heterocycles. The first-order chi connectivity index (χ1) is 12.0. The first-order valence-corrected chi connectivity index (χ1v) is 7.60. The van der Waals surface area contributed by atoms with Gasteiger partial charge in [-0.1, -0.05) is 41.9 Å². The lowest BCUT2D eigenvalue weighted by atomic mass is 10.2. The maximum Gasteiger partial charge on any atom is 0.347 e. The van der Waals surface area contributed by atoms with E-state index in [-0.39, 0.29) is 22.8 Å². The van der Waals surface area contributed by atoms with Crippen LogP contribution in [0.1, 0.15) is 15.9 Å². The monoisotopic (exact) mass is 360 g/mol. The number of methoxy groups -OCH3 is 1. The quantitative estimate of drug-likeness (QED) is 0.566. The summed E-state index contributed by atoms with van der Waals surface area (Å²) in [7, 11) is 1.11. The number of fused-ring (bicyclic) bond motifs is 1. The molecule has 2 aromatic heterocycles. The predicted molar refractivity (Wildman–Crippen MR) is 90.7 cm³/mol. The number of ether oxygens (including phenoxy) is 1. The third kappa shape index (κ3) is 3.14. The maximum atomic E-state index is 12.6. The number of aromatic nitrogens is 2. The molecule has 7 nitrogen and oxygen atoms in total. The molecule has 3 aromatic rings. The molecular formula is C17H13ClN2O5. The van der Waals surface area contributed by atoms with Crippen molar-refractivity contribution in [3.8, 4) is 5.75 Å². The molecule has 0 spiro atoms. The molecule has 1 aromatic carbocycles. The molecule has 3 rings (SSSR count). The summed E-state index contributed by atoms with van der Waals surface area (Å²) in [5.41, 5.74) is -0.620. The number of esters is 1. The molecule has 0 fully saturated rings. The zero-order valence-electron chi connectivity index (χ0n) is 13.1. The van der Waals surface area contributed by atoms with Crippen LogP contribution in [-0.4, -0.2) is 27.9 Å². The Hall–Kier alpha value is -3.06. The fraction of sp³-hybridized carbons (Fsp3) is 0.118. The lowest BCUT2D eigenvalue weighted by Gasteiger charge is -2.14. The third-order valence-electron chi connectivity index (χ3n) is 3.52. The number of pyridine rings is 2. The first kappa shape index (κ1) is 16.8. The number of carbonyl (C=O) groups excluding carboxylic acids is 1. The second kappa shape index (κ2) is 6.82. The molecule has 0 aliphatic heterocycles. The summed E-state index contributed by atoms with van der Waals surface area (Å²) in [5, 5.41) is 10.5. The van der Waals surface area contributed by atoms with Gasteiger partial charge in [0.15, 0.2) is 11.2 Å². The molecule has 0 aliphatic rings. The highest BCUT2D eigenvalue weighted by Crippen LogP contribution is 2.26. The van der Waals surface area contributed by atoms with Crippen LogP contribution < -0.4 is 10.4 Å². The summed E-state index contributed by atoms with van der Waals surface area (Å²) in [6.45, 7) is 0.0510. The molecule has 0 radical (unpaired) electrons. The van der Waals surface area contributed by atoms with E-state index in [2.05, 4.69) is 9.72 Å². The molecule has 0 unspecified atom stereocenters. The van der Waals surface area contributed by atoms with E-state index in [0.717, 1.165) is 17.4 Å². The van der Waals surface area contributed by atoms with Crippen molar-refractivity contribution < 1.29 is 19.5 Å². The summed E-state index contributed by atoms with van der Waals surface area (Å²) in [6.07, 6.45) is 0. The number of nitrogens with zero attached hydrogens (tertiary/aromatic N) is 2. The van der Waals surface area contributed by atoms with Crippen LogP contribution in [0.2, 0.25) is 5.15 Å². The van der Waals surface area contributed by atoms with Crippen LogP contribution in [0.5, 0.6) is 5.75 Å². The van der Waals surface area contributed by atoms with Gasteiger partial charge in [-0.2, -0.15) is 0 Å². The van der Waals surface area contributed by atoms with E-state index in [1.54, 1.807) is 0 Å². The number of halogens is 1. The van der Waals surface area contributed by atoms with Crippen LogP contribution in [0.25, 0.3) is 11.0 Å². The average Bonchev–Trinajstić information content (AvgIpc) is 2.62. The van der Waals surface area contributed by atoms with E-state index >= 15 is 0 Å². The van der Waals surface area contributed by atoms with Crippen LogP contribution in [0.15, 0.2) is 47.3 Å². The van der Waals surface area contributed by atoms with Crippen molar-refractivity contribution in [1.29, 1.82) is 0 Å². The minimum absolute atomic E-state index is 0.00131. The van der Waals surface area contributed by atoms with Crippen molar-refractivity contribution in [2.45, 2.75) is 6.61 Å². The SMILES string of the molecule is COC(=O)c1c(O)c2ccc(Cl)nc2n(OCc2ccccc2)c1=O. The second-order valence-corrected chi connectivity index (χ2v) is 5.47. The van der Waals surface area contributed by atoms with Gasteiger partial charge in [0.05, 0.1) is 12.5 Å².